The van der Waals surface area contributed by atoms with Gasteiger partial charge in [0.15, 0.2) is 0 Å². The highest BCUT2D eigenvalue weighted by Crippen LogP contribution is 2.22. The van der Waals surface area contributed by atoms with Crippen LogP contribution in [0.1, 0.15) is 18.4 Å². The molecule has 2 N–H and O–H groups in total. The molecule has 1 aromatic carbocycles. The Balaban J connectivity index is 0.00000196. The average Bonchev–Trinajstić information content (AvgIpc) is 2.65. The first-order valence-corrected chi connectivity index (χ1v) is 10.2. The summed E-state index contributed by atoms with van der Waals surface area (Å²) in [5.74, 6) is 1.38. The van der Waals surface area contributed by atoms with Crippen LogP contribution in [0, 0.1) is 12.8 Å². The lowest BCUT2D eigenvalue weighted by atomic mass is 9.92. The molecule has 5 nitrogen and oxygen atoms in total. The zero-order valence-corrected chi connectivity index (χ0v) is 19.0. The molecule has 0 aliphatic carbocycles. The van der Waals surface area contributed by atoms with E-state index in [1.54, 1.807) is 0 Å². The monoisotopic (exact) mass is 453 g/mol. The van der Waals surface area contributed by atoms with Crippen LogP contribution in [0.4, 0.5) is 0 Å². The van der Waals surface area contributed by atoms with Crippen LogP contribution in [-0.4, -0.2) is 80.0 Å². The number of benzene rings is 1. The van der Waals surface area contributed by atoms with E-state index in [2.05, 4.69) is 15.1 Å². The van der Waals surface area contributed by atoms with Gasteiger partial charge in [0, 0.05) is 44.3 Å². The predicted molar refractivity (Wildman–Crippen MR) is 121 cm³/mol. The number of piperazine rings is 1. The van der Waals surface area contributed by atoms with Crippen molar-refractivity contribution in [2.24, 2.45) is 5.92 Å². The highest BCUT2D eigenvalue weighted by atomic mass is 35.5. The molecule has 1 aromatic rings. The molecule has 8 heteroatoms. The molecule has 162 valence electrons. The Hall–Kier alpha value is -0.270. The van der Waals surface area contributed by atoms with Crippen molar-refractivity contribution >= 4 is 36.4 Å². The smallest absolute Gasteiger partial charge is 0.122 e. The van der Waals surface area contributed by atoms with Gasteiger partial charge in [-0.25, -0.2) is 0 Å². The Labute approximate surface area is 186 Å². The van der Waals surface area contributed by atoms with Crippen LogP contribution in [0.15, 0.2) is 18.2 Å². The first-order valence-electron chi connectivity index (χ1n) is 9.84. The minimum absolute atomic E-state index is 0. The molecule has 2 fully saturated rings. The van der Waals surface area contributed by atoms with Crippen LogP contribution in [0.5, 0.6) is 5.75 Å². The molecule has 0 saturated carbocycles. The molecule has 3 rings (SSSR count). The molecule has 1 unspecified atom stereocenters. The van der Waals surface area contributed by atoms with Crippen molar-refractivity contribution in [3.05, 3.63) is 28.8 Å². The zero-order valence-electron chi connectivity index (χ0n) is 16.6. The summed E-state index contributed by atoms with van der Waals surface area (Å²) in [6, 6.07) is 5.75. The van der Waals surface area contributed by atoms with Gasteiger partial charge in [-0.05, 0) is 62.5 Å². The molecular formula is C20H34Cl3N3O2. The molecule has 0 bridgehead atoms. The van der Waals surface area contributed by atoms with Gasteiger partial charge in [0.2, 0.25) is 0 Å². The SMILES string of the molecule is Cc1cc(Cl)ccc1OCCN1CCN(CC(O)C2CCNCC2)CC1.Cl.Cl. The normalized spacial score (nSPS) is 20.1. The first-order chi connectivity index (χ1) is 12.6. The second-order valence-electron chi connectivity index (χ2n) is 7.56. The van der Waals surface area contributed by atoms with E-state index in [4.69, 9.17) is 16.3 Å². The van der Waals surface area contributed by atoms with Crippen molar-refractivity contribution < 1.29 is 9.84 Å². The Morgan fingerprint density at radius 3 is 2.43 bits per heavy atom. The largest absolute Gasteiger partial charge is 0.492 e. The number of aryl methyl sites for hydroxylation is 1. The summed E-state index contributed by atoms with van der Waals surface area (Å²) in [6.45, 7) is 10.7. The standard InChI is InChI=1S/C20H32ClN3O2.2ClH/c1-16-14-18(21)2-3-20(16)26-13-12-23-8-10-24(11-9-23)15-19(25)17-4-6-22-7-5-17;;/h2-3,14,17,19,22,25H,4-13,15H2,1H3;2*1H. The number of piperidine rings is 1. The summed E-state index contributed by atoms with van der Waals surface area (Å²) in [5.41, 5.74) is 1.08. The van der Waals surface area contributed by atoms with Gasteiger partial charge in [-0.15, -0.1) is 24.8 Å². The maximum absolute atomic E-state index is 10.5. The minimum atomic E-state index is -0.181. The number of hydrogen-bond donors (Lipinski definition) is 2. The number of halogens is 3. The molecular weight excluding hydrogens is 421 g/mol. The highest BCUT2D eigenvalue weighted by Gasteiger charge is 2.25. The van der Waals surface area contributed by atoms with Gasteiger partial charge >= 0.3 is 0 Å². The fraction of sp³-hybridized carbons (Fsp3) is 0.700. The third-order valence-corrected chi connectivity index (χ3v) is 5.88. The van der Waals surface area contributed by atoms with Gasteiger partial charge in [0.1, 0.15) is 12.4 Å². The van der Waals surface area contributed by atoms with E-state index in [1.165, 1.54) is 0 Å². The van der Waals surface area contributed by atoms with Crippen LogP contribution in [0.25, 0.3) is 0 Å². The number of aliphatic hydroxyl groups excluding tert-OH is 1. The number of rotatable bonds is 7. The van der Waals surface area contributed by atoms with Crippen LogP contribution in [-0.2, 0) is 0 Å². The van der Waals surface area contributed by atoms with E-state index in [0.717, 1.165) is 81.5 Å². The molecule has 0 aromatic heterocycles. The Morgan fingerprint density at radius 2 is 1.79 bits per heavy atom. The number of β-amino-alcohol motifs (C(OH)–C–C–N with tert-alkyl or cyclic N) is 1. The van der Waals surface area contributed by atoms with Crippen LogP contribution in [0.2, 0.25) is 5.02 Å². The number of hydrogen-bond acceptors (Lipinski definition) is 5. The topological polar surface area (TPSA) is 48.0 Å². The zero-order chi connectivity index (χ0) is 18.4. The van der Waals surface area contributed by atoms with Crippen molar-refractivity contribution in [1.29, 1.82) is 0 Å². The molecule has 0 amide bonds. The predicted octanol–water partition coefficient (Wildman–Crippen LogP) is 2.85. The summed E-state index contributed by atoms with van der Waals surface area (Å²) >= 11 is 5.98. The molecule has 1 atom stereocenters. The summed E-state index contributed by atoms with van der Waals surface area (Å²) < 4.78 is 5.91. The van der Waals surface area contributed by atoms with E-state index >= 15 is 0 Å². The minimum Gasteiger partial charge on any atom is -0.492 e. The van der Waals surface area contributed by atoms with Crippen LogP contribution in [0.3, 0.4) is 0 Å². The molecule has 2 saturated heterocycles. The quantitative estimate of drug-likeness (QED) is 0.663. The van der Waals surface area contributed by atoms with Gasteiger partial charge in [-0.1, -0.05) is 11.6 Å². The lowest BCUT2D eigenvalue weighted by molar-refractivity contribution is 0.0298. The maximum atomic E-state index is 10.5. The molecule has 2 aliphatic heterocycles. The Bertz CT molecular complexity index is 566. The third kappa shape index (κ3) is 7.86. The second kappa shape index (κ2) is 13.1. The number of nitrogens with zero attached hydrogens (tertiary/aromatic N) is 2. The Kier molecular flexibility index (Phi) is 12.1. The van der Waals surface area contributed by atoms with Gasteiger partial charge in [0.25, 0.3) is 0 Å². The van der Waals surface area contributed by atoms with Crippen LogP contribution >= 0.6 is 36.4 Å². The first kappa shape index (κ1) is 25.8. The van der Waals surface area contributed by atoms with E-state index in [0.29, 0.717) is 12.5 Å². The van der Waals surface area contributed by atoms with Gasteiger partial charge in [-0.3, -0.25) is 9.80 Å². The molecule has 28 heavy (non-hydrogen) atoms. The fourth-order valence-corrected chi connectivity index (χ4v) is 4.12. The van der Waals surface area contributed by atoms with Crippen molar-refractivity contribution in [2.45, 2.75) is 25.9 Å². The van der Waals surface area contributed by atoms with E-state index in [9.17, 15) is 5.11 Å². The van der Waals surface area contributed by atoms with Gasteiger partial charge < -0.3 is 15.2 Å². The Morgan fingerprint density at radius 1 is 1.14 bits per heavy atom. The summed E-state index contributed by atoms with van der Waals surface area (Å²) in [4.78, 5) is 4.85. The number of nitrogens with one attached hydrogen (secondary N) is 1. The second-order valence-corrected chi connectivity index (χ2v) is 7.99. The van der Waals surface area contributed by atoms with Crippen molar-refractivity contribution in [1.82, 2.24) is 15.1 Å². The molecule has 0 radical (unpaired) electrons. The number of ether oxygens (including phenoxy) is 1. The summed E-state index contributed by atoms with van der Waals surface area (Å²) in [7, 11) is 0. The third-order valence-electron chi connectivity index (χ3n) is 5.64. The van der Waals surface area contributed by atoms with Crippen molar-refractivity contribution in [3.8, 4) is 5.75 Å². The summed E-state index contributed by atoms with van der Waals surface area (Å²) in [6.07, 6.45) is 2.02. The maximum Gasteiger partial charge on any atom is 0.122 e. The lowest BCUT2D eigenvalue weighted by Gasteiger charge is -2.37. The van der Waals surface area contributed by atoms with E-state index < -0.39 is 0 Å². The van der Waals surface area contributed by atoms with E-state index in [-0.39, 0.29) is 30.9 Å². The van der Waals surface area contributed by atoms with Crippen molar-refractivity contribution in [3.63, 3.8) is 0 Å². The van der Waals surface area contributed by atoms with E-state index in [1.807, 2.05) is 25.1 Å². The highest BCUT2D eigenvalue weighted by molar-refractivity contribution is 6.30. The van der Waals surface area contributed by atoms with Crippen molar-refractivity contribution in [2.75, 3.05) is 59.0 Å². The lowest BCUT2D eigenvalue weighted by Crippen LogP contribution is -2.50. The van der Waals surface area contributed by atoms with Gasteiger partial charge in [0.05, 0.1) is 6.10 Å². The fourth-order valence-electron chi connectivity index (χ4n) is 3.90. The molecule has 2 aliphatic rings. The molecule has 0 spiro atoms. The van der Waals surface area contributed by atoms with Gasteiger partial charge in [-0.2, -0.15) is 0 Å². The van der Waals surface area contributed by atoms with Crippen LogP contribution < -0.4 is 10.1 Å². The molecule has 2 heterocycles. The summed E-state index contributed by atoms with van der Waals surface area (Å²) in [5, 5.41) is 14.6. The average molecular weight is 455 g/mol. The number of aliphatic hydroxyl groups is 1.